The molecule has 2 amide bonds. The van der Waals surface area contributed by atoms with Crippen LogP contribution in [0.15, 0.2) is 24.3 Å². The van der Waals surface area contributed by atoms with E-state index in [9.17, 15) is 9.59 Å². The zero-order chi connectivity index (χ0) is 13.1. The number of amides is 2. The number of hydrogen-bond donors (Lipinski definition) is 0. The fraction of sp³-hybridized carbons (Fsp3) is 0.250. The first kappa shape index (κ1) is 12.4. The fourth-order valence-electron chi connectivity index (χ4n) is 1.79. The van der Waals surface area contributed by atoms with Crippen molar-refractivity contribution in [3.8, 4) is 6.07 Å². The quantitative estimate of drug-likeness (QED) is 0.591. The minimum atomic E-state index is -0.368. The molecular formula is C12H10ClN3O2. The SMILES string of the molecule is N#CCN1C(=O)CN(c2cccc(Cl)c2)CC1=O. The zero-order valence-corrected chi connectivity index (χ0v) is 10.2. The highest BCUT2D eigenvalue weighted by Gasteiger charge is 2.30. The average Bonchev–Trinajstić information content (AvgIpc) is 2.33. The van der Waals surface area contributed by atoms with Crippen LogP contribution in [-0.2, 0) is 9.59 Å². The van der Waals surface area contributed by atoms with Gasteiger partial charge in [0.15, 0.2) is 0 Å². The molecule has 1 aliphatic rings. The average molecular weight is 264 g/mol. The number of halogens is 1. The molecule has 0 N–H and O–H groups in total. The van der Waals surface area contributed by atoms with Crippen LogP contribution in [0.3, 0.4) is 0 Å². The Bertz CT molecular complexity index is 520. The number of rotatable bonds is 2. The van der Waals surface area contributed by atoms with E-state index in [0.29, 0.717) is 5.02 Å². The maximum atomic E-state index is 11.7. The lowest BCUT2D eigenvalue weighted by Crippen LogP contribution is -2.54. The largest absolute Gasteiger partial charge is 0.353 e. The van der Waals surface area contributed by atoms with E-state index >= 15 is 0 Å². The summed E-state index contributed by atoms with van der Waals surface area (Å²) in [5, 5.41) is 9.09. The van der Waals surface area contributed by atoms with Crippen LogP contribution in [0.5, 0.6) is 0 Å². The summed E-state index contributed by atoms with van der Waals surface area (Å²) in [6.07, 6.45) is 0. The van der Waals surface area contributed by atoms with Crippen LogP contribution < -0.4 is 4.90 Å². The molecule has 0 aliphatic carbocycles. The molecule has 1 aromatic carbocycles. The summed E-state index contributed by atoms with van der Waals surface area (Å²) in [4.78, 5) is 26.1. The normalized spacial score (nSPS) is 15.8. The molecule has 1 fully saturated rings. The Kier molecular flexibility index (Phi) is 3.49. The summed E-state index contributed by atoms with van der Waals surface area (Å²) in [7, 11) is 0. The van der Waals surface area contributed by atoms with E-state index in [-0.39, 0.29) is 31.4 Å². The zero-order valence-electron chi connectivity index (χ0n) is 9.47. The van der Waals surface area contributed by atoms with Crippen molar-refractivity contribution in [3.63, 3.8) is 0 Å². The molecule has 92 valence electrons. The predicted molar refractivity (Wildman–Crippen MR) is 66.0 cm³/mol. The molecule has 1 aliphatic heterocycles. The Morgan fingerprint density at radius 2 is 1.94 bits per heavy atom. The lowest BCUT2D eigenvalue weighted by atomic mass is 10.2. The van der Waals surface area contributed by atoms with Gasteiger partial charge in [0.25, 0.3) is 0 Å². The Labute approximate surface area is 109 Å². The van der Waals surface area contributed by atoms with E-state index in [4.69, 9.17) is 16.9 Å². The number of imide groups is 1. The second-order valence-corrected chi connectivity index (χ2v) is 4.30. The number of anilines is 1. The molecule has 0 spiro atoms. The number of nitrogens with zero attached hydrogens (tertiary/aromatic N) is 3. The molecule has 18 heavy (non-hydrogen) atoms. The molecule has 0 aromatic heterocycles. The van der Waals surface area contributed by atoms with Gasteiger partial charge in [-0.15, -0.1) is 0 Å². The Morgan fingerprint density at radius 1 is 1.28 bits per heavy atom. The van der Waals surface area contributed by atoms with Crippen molar-refractivity contribution in [1.29, 1.82) is 5.26 Å². The number of benzene rings is 1. The number of carbonyl (C=O) groups is 2. The Morgan fingerprint density at radius 3 is 2.50 bits per heavy atom. The van der Waals surface area contributed by atoms with Crippen LogP contribution in [0.1, 0.15) is 0 Å². The van der Waals surface area contributed by atoms with Gasteiger partial charge in [-0.3, -0.25) is 14.5 Å². The monoisotopic (exact) mass is 263 g/mol. The molecule has 1 aromatic rings. The summed E-state index contributed by atoms with van der Waals surface area (Å²) < 4.78 is 0. The van der Waals surface area contributed by atoms with E-state index in [1.807, 2.05) is 0 Å². The van der Waals surface area contributed by atoms with Crippen LogP contribution >= 0.6 is 11.6 Å². The summed E-state index contributed by atoms with van der Waals surface area (Å²) in [5.74, 6) is -0.736. The predicted octanol–water partition coefficient (Wildman–Crippen LogP) is 1.04. The number of nitriles is 1. The lowest BCUT2D eigenvalue weighted by molar-refractivity contribution is -0.144. The van der Waals surface area contributed by atoms with Gasteiger partial charge in [0, 0.05) is 10.7 Å². The van der Waals surface area contributed by atoms with Crippen molar-refractivity contribution in [2.24, 2.45) is 0 Å². The van der Waals surface area contributed by atoms with Gasteiger partial charge in [-0.25, -0.2) is 0 Å². The third-order valence-corrected chi connectivity index (χ3v) is 2.89. The van der Waals surface area contributed by atoms with Crippen molar-refractivity contribution in [1.82, 2.24) is 4.90 Å². The van der Waals surface area contributed by atoms with E-state index in [1.165, 1.54) is 0 Å². The highest BCUT2D eigenvalue weighted by Crippen LogP contribution is 2.21. The molecule has 1 saturated heterocycles. The molecule has 5 nitrogen and oxygen atoms in total. The number of carbonyl (C=O) groups excluding carboxylic acids is 2. The van der Waals surface area contributed by atoms with Crippen molar-refractivity contribution >= 4 is 29.1 Å². The molecule has 6 heteroatoms. The number of hydrogen-bond acceptors (Lipinski definition) is 4. The highest BCUT2D eigenvalue weighted by atomic mass is 35.5. The molecule has 0 saturated carbocycles. The van der Waals surface area contributed by atoms with Gasteiger partial charge in [0.05, 0.1) is 19.2 Å². The standard InChI is InChI=1S/C12H10ClN3O2/c13-9-2-1-3-10(6-9)15-7-11(17)16(5-4-14)12(18)8-15/h1-3,6H,5,7-8H2. The van der Waals surface area contributed by atoms with E-state index in [2.05, 4.69) is 0 Å². The van der Waals surface area contributed by atoms with Crippen molar-refractivity contribution in [2.45, 2.75) is 0 Å². The maximum absolute atomic E-state index is 11.7. The van der Waals surface area contributed by atoms with Crippen LogP contribution in [0.4, 0.5) is 5.69 Å². The van der Waals surface area contributed by atoms with Crippen LogP contribution in [-0.4, -0.2) is 36.3 Å². The maximum Gasteiger partial charge on any atom is 0.249 e. The van der Waals surface area contributed by atoms with Gasteiger partial charge >= 0.3 is 0 Å². The van der Waals surface area contributed by atoms with Gasteiger partial charge in [0.2, 0.25) is 11.8 Å². The summed E-state index contributed by atoms with van der Waals surface area (Å²) in [6.45, 7) is -0.0391. The highest BCUT2D eigenvalue weighted by molar-refractivity contribution is 6.30. The van der Waals surface area contributed by atoms with Gasteiger partial charge in [0.1, 0.15) is 6.54 Å². The second-order valence-electron chi connectivity index (χ2n) is 3.87. The second kappa shape index (κ2) is 5.07. The van der Waals surface area contributed by atoms with Crippen LogP contribution in [0.2, 0.25) is 5.02 Å². The van der Waals surface area contributed by atoms with E-state index < -0.39 is 0 Å². The summed E-state index contributed by atoms with van der Waals surface area (Å²) in [6, 6.07) is 8.77. The smallest absolute Gasteiger partial charge is 0.249 e. The van der Waals surface area contributed by atoms with Crippen molar-refractivity contribution < 1.29 is 9.59 Å². The third-order valence-electron chi connectivity index (χ3n) is 2.66. The fourth-order valence-corrected chi connectivity index (χ4v) is 1.98. The van der Waals surface area contributed by atoms with Crippen LogP contribution in [0.25, 0.3) is 0 Å². The minimum Gasteiger partial charge on any atom is -0.353 e. The summed E-state index contributed by atoms with van der Waals surface area (Å²) >= 11 is 5.87. The lowest BCUT2D eigenvalue weighted by Gasteiger charge is -2.32. The molecule has 0 atom stereocenters. The molecular weight excluding hydrogens is 254 g/mol. The third kappa shape index (κ3) is 2.44. The van der Waals surface area contributed by atoms with Gasteiger partial charge in [-0.05, 0) is 18.2 Å². The minimum absolute atomic E-state index is 0.0771. The Hall–Kier alpha value is -2.06. The van der Waals surface area contributed by atoms with E-state index in [1.54, 1.807) is 35.2 Å². The summed E-state index contributed by atoms with van der Waals surface area (Å²) in [5.41, 5.74) is 0.723. The van der Waals surface area contributed by atoms with Crippen molar-refractivity contribution in [3.05, 3.63) is 29.3 Å². The first-order chi connectivity index (χ1) is 8.61. The molecule has 1 heterocycles. The Balaban J connectivity index is 2.18. The van der Waals surface area contributed by atoms with E-state index in [0.717, 1.165) is 10.6 Å². The topological polar surface area (TPSA) is 64.4 Å². The van der Waals surface area contributed by atoms with Gasteiger partial charge in [-0.2, -0.15) is 5.26 Å². The van der Waals surface area contributed by atoms with Gasteiger partial charge in [-0.1, -0.05) is 17.7 Å². The molecule has 0 radical (unpaired) electrons. The number of piperazine rings is 1. The molecule has 0 bridgehead atoms. The molecule has 0 unspecified atom stereocenters. The van der Waals surface area contributed by atoms with Gasteiger partial charge < -0.3 is 4.90 Å². The first-order valence-electron chi connectivity index (χ1n) is 5.32. The first-order valence-corrected chi connectivity index (χ1v) is 5.70. The van der Waals surface area contributed by atoms with Crippen molar-refractivity contribution in [2.75, 3.05) is 24.5 Å². The molecule has 2 rings (SSSR count). The van der Waals surface area contributed by atoms with Crippen LogP contribution in [0, 0.1) is 11.3 Å².